The van der Waals surface area contributed by atoms with Crippen LogP contribution in [-0.4, -0.2) is 12.5 Å². The Hall–Kier alpha value is -2.66. The van der Waals surface area contributed by atoms with Crippen LogP contribution in [0.4, 0.5) is 5.69 Å². The fraction of sp³-hybridized carbons (Fsp3) is 0.515. The van der Waals surface area contributed by atoms with Gasteiger partial charge in [0, 0.05) is 5.69 Å². The highest BCUT2D eigenvalue weighted by Crippen LogP contribution is 2.33. The number of carbonyl (C=O) groups excluding carboxylic acids is 1. The molecule has 0 unspecified atom stereocenters. The number of ether oxygens (including phenoxy) is 1. The first-order valence-corrected chi connectivity index (χ1v) is 15.3. The smallest absolute Gasteiger partial charge is 0.269 e. The average molecular weight is 536 g/mol. The molecular formula is C33H47N2O2S+. The molecule has 0 aliphatic carbocycles. The number of amides is 1. The van der Waals surface area contributed by atoms with Gasteiger partial charge in [0.2, 0.25) is 5.91 Å². The van der Waals surface area contributed by atoms with E-state index in [2.05, 4.69) is 80.3 Å². The van der Waals surface area contributed by atoms with Gasteiger partial charge in [0.05, 0.1) is 24.0 Å². The van der Waals surface area contributed by atoms with Gasteiger partial charge in [-0.2, -0.15) is 4.57 Å². The monoisotopic (exact) mass is 535 g/mol. The zero-order chi connectivity index (χ0) is 27.4. The Morgan fingerprint density at radius 3 is 2.39 bits per heavy atom. The molecule has 1 aromatic heterocycles. The summed E-state index contributed by atoms with van der Waals surface area (Å²) in [5.41, 5.74) is 4.04. The van der Waals surface area contributed by atoms with E-state index in [4.69, 9.17) is 4.74 Å². The van der Waals surface area contributed by atoms with Crippen molar-refractivity contribution in [3.63, 3.8) is 0 Å². The highest BCUT2D eigenvalue weighted by Gasteiger charge is 2.20. The number of hydrogen-bond acceptors (Lipinski definition) is 3. The number of aromatic nitrogens is 1. The lowest BCUT2D eigenvalue weighted by Crippen LogP contribution is -2.31. The number of rotatable bonds is 15. The van der Waals surface area contributed by atoms with E-state index >= 15 is 0 Å². The molecule has 0 radical (unpaired) electrons. The number of anilines is 1. The predicted octanol–water partition coefficient (Wildman–Crippen LogP) is 8.72. The third-order valence-corrected chi connectivity index (χ3v) is 7.84. The molecule has 1 N–H and O–H groups in total. The first-order valence-electron chi connectivity index (χ1n) is 14.4. The summed E-state index contributed by atoms with van der Waals surface area (Å²) in [5, 5.41) is 6.39. The SMILES string of the molecule is CCCCCCCCCCOc1ccc(CC(=O)Nc2cccc(-c3scc[n+]3CC)c2)cc1C(C)(C)C. The fourth-order valence-electron chi connectivity index (χ4n) is 4.72. The van der Waals surface area contributed by atoms with Gasteiger partial charge in [0.1, 0.15) is 12.3 Å². The van der Waals surface area contributed by atoms with Crippen LogP contribution >= 0.6 is 11.3 Å². The summed E-state index contributed by atoms with van der Waals surface area (Å²) >= 11 is 1.71. The van der Waals surface area contributed by atoms with Crippen LogP contribution in [0, 0.1) is 0 Å². The minimum Gasteiger partial charge on any atom is -0.493 e. The van der Waals surface area contributed by atoms with Crippen molar-refractivity contribution >= 4 is 22.9 Å². The van der Waals surface area contributed by atoms with Gasteiger partial charge in [0.15, 0.2) is 6.20 Å². The topological polar surface area (TPSA) is 42.2 Å². The minimum atomic E-state index is -0.0647. The Kier molecular flexibility index (Phi) is 11.8. The Morgan fingerprint density at radius 1 is 0.947 bits per heavy atom. The van der Waals surface area contributed by atoms with Crippen molar-refractivity contribution in [2.24, 2.45) is 0 Å². The first kappa shape index (κ1) is 29.9. The van der Waals surface area contributed by atoms with E-state index in [9.17, 15) is 4.79 Å². The lowest BCUT2D eigenvalue weighted by Gasteiger charge is -2.24. The summed E-state index contributed by atoms with van der Waals surface area (Å²) in [6, 6.07) is 14.3. The van der Waals surface area contributed by atoms with Crippen LogP contribution in [0.3, 0.4) is 0 Å². The van der Waals surface area contributed by atoms with Crippen molar-refractivity contribution in [3.05, 3.63) is 65.2 Å². The second kappa shape index (κ2) is 15.1. The molecule has 0 spiro atoms. The Morgan fingerprint density at radius 2 is 1.68 bits per heavy atom. The lowest BCUT2D eigenvalue weighted by atomic mass is 9.85. The molecule has 0 atom stereocenters. The zero-order valence-electron chi connectivity index (χ0n) is 24.1. The van der Waals surface area contributed by atoms with E-state index in [-0.39, 0.29) is 11.3 Å². The molecule has 38 heavy (non-hydrogen) atoms. The summed E-state index contributed by atoms with van der Waals surface area (Å²) in [5.74, 6) is 0.932. The number of unbranched alkanes of at least 4 members (excludes halogenated alkanes) is 7. The van der Waals surface area contributed by atoms with Crippen LogP contribution in [0.2, 0.25) is 0 Å². The molecule has 0 aliphatic rings. The van der Waals surface area contributed by atoms with E-state index in [1.54, 1.807) is 11.3 Å². The van der Waals surface area contributed by atoms with Gasteiger partial charge in [-0.25, -0.2) is 0 Å². The van der Waals surface area contributed by atoms with Crippen molar-refractivity contribution in [2.75, 3.05) is 11.9 Å². The molecule has 0 saturated heterocycles. The van der Waals surface area contributed by atoms with Gasteiger partial charge in [-0.15, -0.1) is 0 Å². The molecule has 3 rings (SSSR count). The largest absolute Gasteiger partial charge is 0.493 e. The van der Waals surface area contributed by atoms with E-state index in [0.717, 1.165) is 47.7 Å². The predicted molar refractivity (Wildman–Crippen MR) is 161 cm³/mol. The Labute approximate surface area is 234 Å². The molecule has 1 amide bonds. The van der Waals surface area contributed by atoms with Gasteiger partial charge >= 0.3 is 0 Å². The molecule has 5 heteroatoms. The Balaban J connectivity index is 1.56. The van der Waals surface area contributed by atoms with Gasteiger partial charge < -0.3 is 10.1 Å². The van der Waals surface area contributed by atoms with Gasteiger partial charge in [0.25, 0.3) is 5.01 Å². The maximum atomic E-state index is 13.0. The number of carbonyl (C=O) groups is 1. The molecule has 0 bridgehead atoms. The van der Waals surface area contributed by atoms with E-state index in [0.29, 0.717) is 6.42 Å². The highest BCUT2D eigenvalue weighted by molar-refractivity contribution is 7.12. The molecule has 206 valence electrons. The van der Waals surface area contributed by atoms with E-state index < -0.39 is 0 Å². The van der Waals surface area contributed by atoms with Gasteiger partial charge in [-0.1, -0.05) is 102 Å². The van der Waals surface area contributed by atoms with Crippen molar-refractivity contribution in [1.29, 1.82) is 0 Å². The van der Waals surface area contributed by atoms with Crippen LogP contribution in [0.25, 0.3) is 10.6 Å². The third kappa shape index (κ3) is 9.27. The van der Waals surface area contributed by atoms with Gasteiger partial charge in [-0.05, 0) is 54.2 Å². The maximum Gasteiger partial charge on any atom is 0.269 e. The summed E-state index contributed by atoms with van der Waals surface area (Å²) < 4.78 is 8.45. The molecule has 1 heterocycles. The van der Waals surface area contributed by atoms with E-state index in [1.807, 2.05) is 18.2 Å². The van der Waals surface area contributed by atoms with Gasteiger partial charge in [-0.3, -0.25) is 4.79 Å². The van der Waals surface area contributed by atoms with Crippen molar-refractivity contribution in [1.82, 2.24) is 0 Å². The number of aryl methyl sites for hydroxylation is 1. The van der Waals surface area contributed by atoms with Crippen LogP contribution in [0.5, 0.6) is 5.75 Å². The molecule has 0 aliphatic heterocycles. The molecule has 0 saturated carbocycles. The number of nitrogens with zero attached hydrogens (tertiary/aromatic N) is 1. The van der Waals surface area contributed by atoms with Crippen molar-refractivity contribution < 1.29 is 14.1 Å². The zero-order valence-corrected chi connectivity index (χ0v) is 25.0. The highest BCUT2D eigenvalue weighted by atomic mass is 32.1. The summed E-state index contributed by atoms with van der Waals surface area (Å²) in [4.78, 5) is 13.0. The van der Waals surface area contributed by atoms with Crippen molar-refractivity contribution in [3.8, 4) is 16.3 Å². The standard InChI is InChI=1S/C33H46N2O2S/c1-6-8-9-10-11-12-13-14-21-37-30-19-18-26(23-29(30)33(3,4)5)24-31(36)34-28-17-15-16-27(25-28)32-35(7-2)20-22-38-32/h15-20,22-23,25H,6-14,21,24H2,1-5H3/p+1. The third-order valence-electron chi connectivity index (χ3n) is 6.89. The van der Waals surface area contributed by atoms with Crippen LogP contribution in [0.1, 0.15) is 97.1 Å². The quantitative estimate of drug-likeness (QED) is 0.156. The summed E-state index contributed by atoms with van der Waals surface area (Å²) in [6.45, 7) is 12.7. The normalized spacial score (nSPS) is 11.5. The first-order chi connectivity index (χ1) is 18.3. The number of hydrogen-bond donors (Lipinski definition) is 1. The summed E-state index contributed by atoms with van der Waals surface area (Å²) in [6.07, 6.45) is 12.8. The number of nitrogens with one attached hydrogen (secondary N) is 1. The van der Waals surface area contributed by atoms with Crippen LogP contribution in [0.15, 0.2) is 54.0 Å². The van der Waals surface area contributed by atoms with Crippen molar-refractivity contribution in [2.45, 2.75) is 104 Å². The summed E-state index contributed by atoms with van der Waals surface area (Å²) in [7, 11) is 0. The fourth-order valence-corrected chi connectivity index (χ4v) is 5.65. The number of benzene rings is 2. The molecule has 2 aromatic carbocycles. The minimum absolute atomic E-state index is 0.0100. The molecule has 3 aromatic rings. The average Bonchev–Trinajstić information content (AvgIpc) is 3.37. The second-order valence-corrected chi connectivity index (χ2v) is 12.1. The maximum absolute atomic E-state index is 13.0. The number of thiazole rings is 1. The van der Waals surface area contributed by atoms with E-state index in [1.165, 1.54) is 50.0 Å². The molecule has 4 nitrogen and oxygen atoms in total. The van der Waals surface area contributed by atoms with Crippen LogP contribution in [-0.2, 0) is 23.2 Å². The Bertz CT molecular complexity index is 1150. The lowest BCUT2D eigenvalue weighted by molar-refractivity contribution is -0.678. The molecular weight excluding hydrogens is 488 g/mol. The second-order valence-electron chi connectivity index (χ2n) is 11.2. The molecule has 0 fully saturated rings. The van der Waals surface area contributed by atoms with Crippen LogP contribution < -0.4 is 14.6 Å².